The first-order valence-corrected chi connectivity index (χ1v) is 9.75. The van der Waals surface area contributed by atoms with Gasteiger partial charge in [0.1, 0.15) is 16.7 Å². The number of likely N-dealkylation sites (N-methyl/N-ethyl adjacent to an activating group) is 1. The minimum Gasteiger partial charge on any atom is -0.488 e. The van der Waals surface area contributed by atoms with Gasteiger partial charge in [-0.2, -0.15) is 0 Å². The van der Waals surface area contributed by atoms with E-state index in [0.29, 0.717) is 22.4 Å². The van der Waals surface area contributed by atoms with Crippen LogP contribution in [0.1, 0.15) is 29.2 Å². The molecule has 0 aromatic heterocycles. The molecule has 3 rings (SSSR count). The molecule has 1 fully saturated rings. The molecular formula is C21H21NO2S2. The summed E-state index contributed by atoms with van der Waals surface area (Å²) in [6.07, 6.45) is 1.88. The molecule has 1 saturated heterocycles. The van der Waals surface area contributed by atoms with Gasteiger partial charge in [0.2, 0.25) is 0 Å². The normalized spacial score (nSPS) is 15.8. The molecule has 3 nitrogen and oxygen atoms in total. The maximum absolute atomic E-state index is 12.5. The monoisotopic (exact) mass is 383 g/mol. The Labute approximate surface area is 164 Å². The third kappa shape index (κ3) is 4.00. The Bertz CT molecular complexity index is 889. The van der Waals surface area contributed by atoms with Gasteiger partial charge in [0, 0.05) is 12.1 Å². The van der Waals surface area contributed by atoms with Crippen molar-refractivity contribution in [1.82, 2.24) is 4.90 Å². The van der Waals surface area contributed by atoms with Crippen LogP contribution in [-0.2, 0) is 11.4 Å². The molecule has 1 amide bonds. The number of thioether (sulfide) groups is 1. The molecule has 2 aromatic carbocycles. The molecule has 0 N–H and O–H groups in total. The molecule has 0 radical (unpaired) electrons. The van der Waals surface area contributed by atoms with E-state index in [1.165, 1.54) is 17.3 Å². The number of hydrogen-bond acceptors (Lipinski definition) is 4. The number of hydrogen-bond donors (Lipinski definition) is 0. The summed E-state index contributed by atoms with van der Waals surface area (Å²) in [6.45, 7) is 7.11. The highest BCUT2D eigenvalue weighted by Crippen LogP contribution is 2.34. The third-order valence-corrected chi connectivity index (χ3v) is 5.66. The van der Waals surface area contributed by atoms with Gasteiger partial charge in [0.05, 0.1) is 4.91 Å². The second-order valence-electron chi connectivity index (χ2n) is 6.18. The molecule has 26 heavy (non-hydrogen) atoms. The van der Waals surface area contributed by atoms with Gasteiger partial charge in [0.15, 0.2) is 0 Å². The number of carbonyl (C=O) groups excluding carboxylic acids is 1. The van der Waals surface area contributed by atoms with Crippen molar-refractivity contribution in [2.24, 2.45) is 0 Å². The van der Waals surface area contributed by atoms with Crippen molar-refractivity contribution in [1.29, 1.82) is 0 Å². The van der Waals surface area contributed by atoms with Gasteiger partial charge >= 0.3 is 0 Å². The number of ether oxygens (including phenoxy) is 1. The van der Waals surface area contributed by atoms with Crippen molar-refractivity contribution < 1.29 is 9.53 Å². The number of carbonyl (C=O) groups is 1. The van der Waals surface area contributed by atoms with Gasteiger partial charge in [-0.25, -0.2) is 0 Å². The first-order valence-electron chi connectivity index (χ1n) is 8.53. The highest BCUT2D eigenvalue weighted by Gasteiger charge is 2.30. The Kier molecular flexibility index (Phi) is 5.79. The Balaban J connectivity index is 1.87. The Hall–Kier alpha value is -2.11. The van der Waals surface area contributed by atoms with Gasteiger partial charge < -0.3 is 4.74 Å². The summed E-state index contributed by atoms with van der Waals surface area (Å²) < 4.78 is 6.68. The minimum atomic E-state index is -0.0335. The smallest absolute Gasteiger partial charge is 0.266 e. The van der Waals surface area contributed by atoms with Crippen LogP contribution in [0, 0.1) is 13.8 Å². The first-order chi connectivity index (χ1) is 12.5. The Morgan fingerprint density at radius 2 is 1.96 bits per heavy atom. The van der Waals surface area contributed by atoms with Crippen LogP contribution in [0.25, 0.3) is 6.08 Å². The second-order valence-corrected chi connectivity index (χ2v) is 7.86. The largest absolute Gasteiger partial charge is 0.488 e. The fourth-order valence-electron chi connectivity index (χ4n) is 2.75. The molecule has 1 heterocycles. The van der Waals surface area contributed by atoms with Crippen molar-refractivity contribution in [3.63, 3.8) is 0 Å². The molecular weight excluding hydrogens is 362 g/mol. The van der Waals surface area contributed by atoms with E-state index in [2.05, 4.69) is 19.1 Å². The summed E-state index contributed by atoms with van der Waals surface area (Å²) >= 11 is 6.64. The number of amides is 1. The lowest BCUT2D eigenvalue weighted by Gasteiger charge is -2.12. The van der Waals surface area contributed by atoms with Crippen molar-refractivity contribution in [3.05, 3.63) is 69.6 Å². The summed E-state index contributed by atoms with van der Waals surface area (Å²) in [5.74, 6) is 0.731. The van der Waals surface area contributed by atoms with Crippen LogP contribution < -0.4 is 4.74 Å². The van der Waals surface area contributed by atoms with Crippen molar-refractivity contribution >= 4 is 40.3 Å². The van der Waals surface area contributed by atoms with E-state index >= 15 is 0 Å². The number of nitrogens with zero attached hydrogens (tertiary/aromatic N) is 1. The molecule has 0 bridgehead atoms. The lowest BCUT2D eigenvalue weighted by Crippen LogP contribution is -2.27. The number of aryl methyl sites for hydroxylation is 2. The van der Waals surface area contributed by atoms with Crippen molar-refractivity contribution in [2.75, 3.05) is 6.54 Å². The Morgan fingerprint density at radius 3 is 2.65 bits per heavy atom. The highest BCUT2D eigenvalue weighted by molar-refractivity contribution is 8.26. The predicted molar refractivity (Wildman–Crippen MR) is 112 cm³/mol. The van der Waals surface area contributed by atoms with Gasteiger partial charge in [-0.1, -0.05) is 59.9 Å². The molecule has 1 aliphatic heterocycles. The summed E-state index contributed by atoms with van der Waals surface area (Å²) in [6, 6.07) is 14.2. The van der Waals surface area contributed by atoms with Crippen molar-refractivity contribution in [2.45, 2.75) is 27.4 Å². The third-order valence-electron chi connectivity index (χ3n) is 4.29. The van der Waals surface area contributed by atoms with Crippen LogP contribution in [0.3, 0.4) is 0 Å². The zero-order valence-corrected chi connectivity index (χ0v) is 16.7. The first kappa shape index (κ1) is 18.7. The molecule has 1 aliphatic rings. The molecule has 0 spiro atoms. The average Bonchev–Trinajstić information content (AvgIpc) is 2.88. The molecule has 0 aliphatic carbocycles. The van der Waals surface area contributed by atoms with Crippen LogP contribution in [0.5, 0.6) is 5.75 Å². The predicted octanol–water partition coefficient (Wildman–Crippen LogP) is 5.10. The number of thiocarbonyl (C=S) groups is 1. The SMILES string of the molecule is CCN1C(=O)/C(=C/c2cc(C)ccc2OCc2ccccc2C)SC1=S. The lowest BCUT2D eigenvalue weighted by molar-refractivity contribution is -0.121. The molecule has 0 unspecified atom stereocenters. The maximum atomic E-state index is 12.5. The average molecular weight is 384 g/mol. The quantitative estimate of drug-likeness (QED) is 0.530. The fourth-order valence-corrected chi connectivity index (χ4v) is 4.13. The van der Waals surface area contributed by atoms with Crippen LogP contribution in [0.2, 0.25) is 0 Å². The van der Waals surface area contributed by atoms with Gasteiger partial charge in [-0.3, -0.25) is 9.69 Å². The van der Waals surface area contributed by atoms with Gasteiger partial charge in [-0.05, 0) is 50.1 Å². The zero-order valence-electron chi connectivity index (χ0n) is 15.1. The molecule has 2 aromatic rings. The summed E-state index contributed by atoms with van der Waals surface area (Å²) in [5.41, 5.74) is 4.36. The van der Waals surface area contributed by atoms with E-state index in [-0.39, 0.29) is 5.91 Å². The fraction of sp³-hybridized carbons (Fsp3) is 0.238. The van der Waals surface area contributed by atoms with Crippen LogP contribution in [0.4, 0.5) is 0 Å². The van der Waals surface area contributed by atoms with E-state index in [4.69, 9.17) is 17.0 Å². The standard InChI is InChI=1S/C21H21NO2S2/c1-4-22-20(23)19(26-21(22)25)12-17-11-14(2)9-10-18(17)24-13-16-8-6-5-7-15(16)3/h5-12H,4,13H2,1-3H3/b19-12-. The summed E-state index contributed by atoms with van der Waals surface area (Å²) in [4.78, 5) is 14.7. The summed E-state index contributed by atoms with van der Waals surface area (Å²) in [7, 11) is 0. The van der Waals surface area contributed by atoms with Crippen molar-refractivity contribution in [3.8, 4) is 5.75 Å². The number of benzene rings is 2. The van der Waals surface area contributed by atoms with E-state index < -0.39 is 0 Å². The minimum absolute atomic E-state index is 0.0335. The molecule has 0 atom stereocenters. The van der Waals surface area contributed by atoms with E-state index in [1.54, 1.807) is 4.90 Å². The van der Waals surface area contributed by atoms with Crippen LogP contribution in [-0.4, -0.2) is 21.7 Å². The van der Waals surface area contributed by atoms with E-state index in [0.717, 1.165) is 22.4 Å². The lowest BCUT2D eigenvalue weighted by atomic mass is 10.1. The molecule has 5 heteroatoms. The molecule has 0 saturated carbocycles. The van der Waals surface area contributed by atoms with Crippen LogP contribution in [0.15, 0.2) is 47.4 Å². The second kappa shape index (κ2) is 8.06. The highest BCUT2D eigenvalue weighted by atomic mass is 32.2. The van der Waals surface area contributed by atoms with E-state index in [1.807, 2.05) is 50.3 Å². The van der Waals surface area contributed by atoms with Gasteiger partial charge in [-0.15, -0.1) is 0 Å². The zero-order chi connectivity index (χ0) is 18.7. The summed E-state index contributed by atoms with van der Waals surface area (Å²) in [5, 5.41) is 0. The topological polar surface area (TPSA) is 29.5 Å². The maximum Gasteiger partial charge on any atom is 0.266 e. The van der Waals surface area contributed by atoms with E-state index in [9.17, 15) is 4.79 Å². The number of rotatable bonds is 5. The Morgan fingerprint density at radius 1 is 1.19 bits per heavy atom. The van der Waals surface area contributed by atoms with Crippen LogP contribution >= 0.6 is 24.0 Å². The van der Waals surface area contributed by atoms with Gasteiger partial charge in [0.25, 0.3) is 5.91 Å². The molecule has 134 valence electrons.